The zero-order valence-corrected chi connectivity index (χ0v) is 12.1. The summed E-state index contributed by atoms with van der Waals surface area (Å²) in [4.78, 5) is 8.88. The van der Waals surface area contributed by atoms with Crippen LogP contribution in [-0.2, 0) is 13.6 Å². The molecule has 2 aromatic rings. The van der Waals surface area contributed by atoms with Gasteiger partial charge in [0.2, 0.25) is 0 Å². The average molecular weight is 282 g/mol. The van der Waals surface area contributed by atoms with Gasteiger partial charge in [0, 0.05) is 51.5 Å². The first kappa shape index (κ1) is 13.6. The van der Waals surface area contributed by atoms with Crippen LogP contribution in [0.3, 0.4) is 0 Å². The molecule has 0 unspecified atom stereocenters. The molecule has 1 aliphatic rings. The van der Waals surface area contributed by atoms with Crippen molar-refractivity contribution >= 4 is 5.69 Å². The topological polar surface area (TPSA) is 61.0 Å². The first-order valence-electron chi connectivity index (χ1n) is 7.05. The fourth-order valence-corrected chi connectivity index (χ4v) is 2.62. The third-order valence-electron chi connectivity index (χ3n) is 3.76. The van der Waals surface area contributed by atoms with E-state index in [2.05, 4.69) is 26.1 Å². The van der Waals surface area contributed by atoms with Crippen molar-refractivity contribution in [2.24, 2.45) is 7.05 Å². The minimum absolute atomic E-state index is 0.467. The van der Waals surface area contributed by atoms with Crippen LogP contribution in [0.1, 0.15) is 11.3 Å². The van der Waals surface area contributed by atoms with E-state index in [0.29, 0.717) is 5.69 Å². The highest BCUT2D eigenvalue weighted by atomic mass is 15.3. The van der Waals surface area contributed by atoms with Gasteiger partial charge in [-0.25, -0.2) is 4.98 Å². The van der Waals surface area contributed by atoms with Gasteiger partial charge in [0.1, 0.15) is 11.8 Å². The van der Waals surface area contributed by atoms with E-state index in [0.717, 1.165) is 38.4 Å². The predicted octanol–water partition coefficient (Wildman–Crippen LogP) is 1.01. The van der Waals surface area contributed by atoms with E-state index < -0.39 is 0 Å². The van der Waals surface area contributed by atoms with Crippen molar-refractivity contribution in [3.63, 3.8) is 0 Å². The molecule has 0 atom stereocenters. The molecule has 0 bridgehead atoms. The summed E-state index contributed by atoms with van der Waals surface area (Å²) in [5, 5.41) is 13.0. The van der Waals surface area contributed by atoms with Crippen molar-refractivity contribution < 1.29 is 0 Å². The number of pyridine rings is 1. The summed E-state index contributed by atoms with van der Waals surface area (Å²) < 4.78 is 1.84. The minimum Gasteiger partial charge on any atom is -0.368 e. The maximum atomic E-state index is 8.78. The number of hydrogen-bond donors (Lipinski definition) is 0. The van der Waals surface area contributed by atoms with Gasteiger partial charge in [-0.1, -0.05) is 0 Å². The van der Waals surface area contributed by atoms with Crippen molar-refractivity contribution in [2.75, 3.05) is 31.1 Å². The Morgan fingerprint density at radius 3 is 2.57 bits per heavy atom. The third-order valence-corrected chi connectivity index (χ3v) is 3.76. The van der Waals surface area contributed by atoms with E-state index in [4.69, 9.17) is 5.26 Å². The predicted molar refractivity (Wildman–Crippen MR) is 79.7 cm³/mol. The number of nitriles is 1. The highest BCUT2D eigenvalue weighted by molar-refractivity contribution is 5.46. The number of aryl methyl sites for hydroxylation is 1. The number of rotatable bonds is 3. The highest BCUT2D eigenvalue weighted by Gasteiger charge is 2.17. The van der Waals surface area contributed by atoms with Gasteiger partial charge in [-0.05, 0) is 12.1 Å². The van der Waals surface area contributed by atoms with E-state index in [-0.39, 0.29) is 0 Å². The molecular formula is C15H18N6. The van der Waals surface area contributed by atoms with E-state index in [1.165, 1.54) is 5.56 Å². The van der Waals surface area contributed by atoms with Gasteiger partial charge in [0.25, 0.3) is 0 Å². The molecule has 0 aromatic carbocycles. The standard InChI is InChI=1S/C15H18N6/c1-19-11-13(9-18-19)12-20-4-6-21(7-5-20)15-3-2-14(8-16)17-10-15/h2-3,9-11H,4-7,12H2,1H3. The Hall–Kier alpha value is -2.39. The van der Waals surface area contributed by atoms with Crippen LogP contribution in [-0.4, -0.2) is 45.8 Å². The van der Waals surface area contributed by atoms with E-state index >= 15 is 0 Å². The molecule has 21 heavy (non-hydrogen) atoms. The maximum Gasteiger partial charge on any atom is 0.140 e. The van der Waals surface area contributed by atoms with Gasteiger partial charge < -0.3 is 4.90 Å². The molecule has 0 N–H and O–H groups in total. The third kappa shape index (κ3) is 3.20. The van der Waals surface area contributed by atoms with Crippen LogP contribution >= 0.6 is 0 Å². The lowest BCUT2D eigenvalue weighted by molar-refractivity contribution is 0.250. The van der Waals surface area contributed by atoms with Crippen molar-refractivity contribution in [1.29, 1.82) is 5.26 Å². The van der Waals surface area contributed by atoms with Crippen molar-refractivity contribution in [3.05, 3.63) is 42.0 Å². The zero-order chi connectivity index (χ0) is 14.7. The molecule has 1 fully saturated rings. The normalized spacial score (nSPS) is 15.9. The highest BCUT2D eigenvalue weighted by Crippen LogP contribution is 2.16. The molecular weight excluding hydrogens is 264 g/mol. The van der Waals surface area contributed by atoms with E-state index in [1.807, 2.05) is 30.1 Å². The van der Waals surface area contributed by atoms with Crippen LogP contribution in [0.5, 0.6) is 0 Å². The van der Waals surface area contributed by atoms with Crippen LogP contribution in [0.15, 0.2) is 30.7 Å². The SMILES string of the molecule is Cn1cc(CN2CCN(c3ccc(C#N)nc3)CC2)cn1. The molecule has 3 rings (SSSR count). The van der Waals surface area contributed by atoms with Gasteiger partial charge in [-0.15, -0.1) is 0 Å². The zero-order valence-electron chi connectivity index (χ0n) is 12.1. The summed E-state index contributed by atoms with van der Waals surface area (Å²) >= 11 is 0. The maximum absolute atomic E-state index is 8.78. The number of hydrogen-bond acceptors (Lipinski definition) is 5. The molecule has 3 heterocycles. The summed E-state index contributed by atoms with van der Waals surface area (Å²) in [5.74, 6) is 0. The van der Waals surface area contributed by atoms with Gasteiger partial charge in [-0.2, -0.15) is 10.4 Å². The summed E-state index contributed by atoms with van der Waals surface area (Å²) in [6.07, 6.45) is 5.78. The lowest BCUT2D eigenvalue weighted by Crippen LogP contribution is -2.45. The lowest BCUT2D eigenvalue weighted by Gasteiger charge is -2.35. The fraction of sp³-hybridized carbons (Fsp3) is 0.400. The summed E-state index contributed by atoms with van der Waals surface area (Å²) in [6.45, 7) is 4.96. The molecule has 0 spiro atoms. The van der Waals surface area contributed by atoms with E-state index in [1.54, 1.807) is 12.3 Å². The van der Waals surface area contributed by atoms with Crippen molar-refractivity contribution in [2.45, 2.75) is 6.54 Å². The van der Waals surface area contributed by atoms with Gasteiger partial charge in [0.05, 0.1) is 18.1 Å². The lowest BCUT2D eigenvalue weighted by atomic mass is 10.2. The molecule has 1 saturated heterocycles. The number of aromatic nitrogens is 3. The Labute approximate surface area is 124 Å². The van der Waals surface area contributed by atoms with Gasteiger partial charge >= 0.3 is 0 Å². The molecule has 6 nitrogen and oxygen atoms in total. The monoisotopic (exact) mass is 282 g/mol. The van der Waals surface area contributed by atoms with Gasteiger partial charge in [-0.3, -0.25) is 9.58 Å². The fourth-order valence-electron chi connectivity index (χ4n) is 2.62. The van der Waals surface area contributed by atoms with Crippen LogP contribution in [0.4, 0.5) is 5.69 Å². The summed E-state index contributed by atoms with van der Waals surface area (Å²) in [5.41, 5.74) is 2.81. The second kappa shape index (κ2) is 5.94. The Morgan fingerprint density at radius 2 is 2.00 bits per heavy atom. The molecule has 2 aromatic heterocycles. The van der Waals surface area contributed by atoms with Crippen molar-refractivity contribution in [3.8, 4) is 6.07 Å². The van der Waals surface area contributed by atoms with Crippen LogP contribution < -0.4 is 4.90 Å². The molecule has 0 aliphatic carbocycles. The quantitative estimate of drug-likeness (QED) is 0.841. The molecule has 0 saturated carbocycles. The Balaban J connectivity index is 1.56. The second-order valence-electron chi connectivity index (χ2n) is 5.30. The largest absolute Gasteiger partial charge is 0.368 e. The number of nitrogens with zero attached hydrogens (tertiary/aromatic N) is 6. The summed E-state index contributed by atoms with van der Waals surface area (Å²) in [7, 11) is 1.94. The van der Waals surface area contributed by atoms with Crippen LogP contribution in [0.2, 0.25) is 0 Å². The molecule has 6 heteroatoms. The first-order valence-corrected chi connectivity index (χ1v) is 7.05. The van der Waals surface area contributed by atoms with Crippen LogP contribution in [0, 0.1) is 11.3 Å². The van der Waals surface area contributed by atoms with Crippen molar-refractivity contribution in [1.82, 2.24) is 19.7 Å². The summed E-state index contributed by atoms with van der Waals surface area (Å²) in [6, 6.07) is 5.80. The first-order chi connectivity index (χ1) is 10.2. The van der Waals surface area contributed by atoms with Crippen LogP contribution in [0.25, 0.3) is 0 Å². The Morgan fingerprint density at radius 1 is 1.19 bits per heavy atom. The number of piperazine rings is 1. The Kier molecular flexibility index (Phi) is 3.84. The minimum atomic E-state index is 0.467. The number of anilines is 1. The smallest absolute Gasteiger partial charge is 0.140 e. The molecule has 1 aliphatic heterocycles. The second-order valence-corrected chi connectivity index (χ2v) is 5.30. The molecule has 108 valence electrons. The van der Waals surface area contributed by atoms with E-state index in [9.17, 15) is 0 Å². The average Bonchev–Trinajstić information content (AvgIpc) is 2.93. The Bertz CT molecular complexity index is 631. The molecule has 0 amide bonds. The van der Waals surface area contributed by atoms with Gasteiger partial charge in [0.15, 0.2) is 0 Å². The molecule has 0 radical (unpaired) electrons.